The molecule has 1 aromatic rings. The first-order chi connectivity index (χ1) is 7.35. The van der Waals surface area contributed by atoms with Crippen molar-refractivity contribution in [2.24, 2.45) is 0 Å². The second-order valence-electron chi connectivity index (χ2n) is 4.09. The number of hydrogen-bond donors (Lipinski definition) is 0. The van der Waals surface area contributed by atoms with Gasteiger partial charge in [-0.2, -0.15) is 0 Å². The first kappa shape index (κ1) is 13.6. The van der Waals surface area contributed by atoms with Crippen LogP contribution in [-0.2, 0) is 6.42 Å². The van der Waals surface area contributed by atoms with Crippen molar-refractivity contribution in [3.05, 3.63) is 23.8 Å². The summed E-state index contributed by atoms with van der Waals surface area (Å²) in [5.41, 5.74) is 2.85. The van der Waals surface area contributed by atoms with Gasteiger partial charge in [0.1, 0.15) is 5.75 Å². The van der Waals surface area contributed by atoms with Gasteiger partial charge in [0.25, 0.3) is 0 Å². The van der Waals surface area contributed by atoms with Crippen molar-refractivity contribution in [2.75, 3.05) is 25.1 Å². The van der Waals surface area contributed by atoms with E-state index in [1.807, 2.05) is 0 Å². The van der Waals surface area contributed by atoms with Gasteiger partial charge in [0, 0.05) is 18.8 Å². The number of benzene rings is 1. The third-order valence-electron chi connectivity index (χ3n) is 3.00. The zero-order valence-corrected chi connectivity index (χ0v) is 12.4. The second kappa shape index (κ2) is 6.33. The molecule has 0 aliphatic carbocycles. The molecule has 16 heavy (non-hydrogen) atoms. The Labute approximate surface area is 115 Å². The molecular weight excluding hydrogens is 313 g/mol. The molecule has 0 saturated carbocycles. The van der Waals surface area contributed by atoms with E-state index in [4.69, 9.17) is 4.74 Å². The highest BCUT2D eigenvalue weighted by molar-refractivity contribution is 14.0. The van der Waals surface area contributed by atoms with Crippen molar-refractivity contribution in [2.45, 2.75) is 26.2 Å². The van der Waals surface area contributed by atoms with Crippen LogP contribution in [0.1, 0.15) is 25.3 Å². The Kier molecular flexibility index (Phi) is 5.38. The Morgan fingerprint density at radius 3 is 2.88 bits per heavy atom. The number of nitrogens with zero attached hydrogens (tertiary/aromatic N) is 1. The van der Waals surface area contributed by atoms with Gasteiger partial charge in [-0.1, -0.05) is 6.92 Å². The fourth-order valence-corrected chi connectivity index (χ4v) is 2.28. The molecule has 0 bridgehead atoms. The molecule has 0 N–H and O–H groups in total. The molecule has 3 heteroatoms. The van der Waals surface area contributed by atoms with Crippen molar-refractivity contribution in [1.29, 1.82) is 0 Å². The molecule has 2 nitrogen and oxygen atoms in total. The van der Waals surface area contributed by atoms with Crippen molar-refractivity contribution >= 4 is 29.7 Å². The summed E-state index contributed by atoms with van der Waals surface area (Å²) in [5, 5.41) is 0. The monoisotopic (exact) mass is 333 g/mol. The minimum Gasteiger partial charge on any atom is -0.497 e. The lowest BCUT2D eigenvalue weighted by Crippen LogP contribution is -2.29. The Hall–Kier alpha value is -0.450. The zero-order chi connectivity index (χ0) is 10.7. The van der Waals surface area contributed by atoms with E-state index in [1.54, 1.807) is 7.11 Å². The maximum absolute atomic E-state index is 5.26. The third kappa shape index (κ3) is 2.81. The molecule has 0 fully saturated rings. The smallest absolute Gasteiger partial charge is 0.119 e. The van der Waals surface area contributed by atoms with Gasteiger partial charge in [-0.15, -0.1) is 24.0 Å². The number of methoxy groups -OCH3 is 1. The maximum Gasteiger partial charge on any atom is 0.119 e. The quantitative estimate of drug-likeness (QED) is 0.786. The summed E-state index contributed by atoms with van der Waals surface area (Å²) in [7, 11) is 1.73. The minimum absolute atomic E-state index is 0. The summed E-state index contributed by atoms with van der Waals surface area (Å²) < 4.78 is 5.26. The van der Waals surface area contributed by atoms with E-state index >= 15 is 0 Å². The van der Waals surface area contributed by atoms with Crippen LogP contribution in [0.2, 0.25) is 0 Å². The van der Waals surface area contributed by atoms with Crippen LogP contribution in [-0.4, -0.2) is 20.2 Å². The molecule has 2 rings (SSSR count). The SMILES string of the molecule is CCCN1CCCc2cc(OC)ccc21.I. The van der Waals surface area contributed by atoms with Crippen LogP contribution in [0.5, 0.6) is 5.75 Å². The number of hydrogen-bond acceptors (Lipinski definition) is 2. The highest BCUT2D eigenvalue weighted by Crippen LogP contribution is 2.30. The van der Waals surface area contributed by atoms with E-state index in [-0.39, 0.29) is 24.0 Å². The molecule has 1 aromatic carbocycles. The molecule has 0 aromatic heterocycles. The van der Waals surface area contributed by atoms with E-state index in [0.717, 1.165) is 5.75 Å². The topological polar surface area (TPSA) is 12.5 Å². The Balaban J connectivity index is 0.00000128. The lowest BCUT2D eigenvalue weighted by atomic mass is 10.0. The lowest BCUT2D eigenvalue weighted by molar-refractivity contribution is 0.414. The summed E-state index contributed by atoms with van der Waals surface area (Å²) in [5.74, 6) is 0.979. The summed E-state index contributed by atoms with van der Waals surface area (Å²) >= 11 is 0. The molecule has 0 unspecified atom stereocenters. The van der Waals surface area contributed by atoms with Crippen molar-refractivity contribution in [1.82, 2.24) is 0 Å². The molecular formula is C13H20INO. The largest absolute Gasteiger partial charge is 0.497 e. The molecule has 1 heterocycles. The van der Waals surface area contributed by atoms with Crippen molar-refractivity contribution in [3.8, 4) is 5.75 Å². The van der Waals surface area contributed by atoms with Crippen LogP contribution in [0.25, 0.3) is 0 Å². The Morgan fingerprint density at radius 2 is 2.19 bits per heavy atom. The van der Waals surface area contributed by atoms with E-state index in [2.05, 4.69) is 30.0 Å². The van der Waals surface area contributed by atoms with Crippen LogP contribution in [0, 0.1) is 0 Å². The Bertz CT molecular complexity index is 341. The number of aryl methyl sites for hydroxylation is 1. The molecule has 0 amide bonds. The highest BCUT2D eigenvalue weighted by atomic mass is 127. The minimum atomic E-state index is 0. The van der Waals surface area contributed by atoms with Gasteiger partial charge in [-0.25, -0.2) is 0 Å². The predicted molar refractivity (Wildman–Crippen MR) is 79.2 cm³/mol. The molecule has 90 valence electrons. The van der Waals surface area contributed by atoms with Gasteiger partial charge in [0.15, 0.2) is 0 Å². The number of halogens is 1. The number of ether oxygens (including phenoxy) is 1. The van der Waals surface area contributed by atoms with Gasteiger partial charge in [0.2, 0.25) is 0 Å². The fraction of sp³-hybridized carbons (Fsp3) is 0.538. The number of rotatable bonds is 3. The molecule has 0 saturated heterocycles. The highest BCUT2D eigenvalue weighted by Gasteiger charge is 2.16. The Morgan fingerprint density at radius 1 is 1.38 bits per heavy atom. The second-order valence-corrected chi connectivity index (χ2v) is 4.09. The van der Waals surface area contributed by atoms with E-state index in [0.29, 0.717) is 0 Å². The van der Waals surface area contributed by atoms with Crippen LogP contribution in [0.15, 0.2) is 18.2 Å². The summed E-state index contributed by atoms with van der Waals surface area (Å²) in [4.78, 5) is 2.48. The number of fused-ring (bicyclic) bond motifs is 1. The summed E-state index contributed by atoms with van der Waals surface area (Å²) in [6.45, 7) is 4.60. The lowest BCUT2D eigenvalue weighted by Gasteiger charge is -2.31. The zero-order valence-electron chi connectivity index (χ0n) is 10.0. The molecule has 1 aliphatic rings. The molecule has 1 aliphatic heterocycles. The van der Waals surface area contributed by atoms with Crippen LogP contribution in [0.4, 0.5) is 5.69 Å². The van der Waals surface area contributed by atoms with E-state index < -0.39 is 0 Å². The average Bonchev–Trinajstić information content (AvgIpc) is 2.29. The van der Waals surface area contributed by atoms with Crippen LogP contribution in [0.3, 0.4) is 0 Å². The first-order valence-corrected chi connectivity index (χ1v) is 5.77. The van der Waals surface area contributed by atoms with Crippen molar-refractivity contribution < 1.29 is 4.74 Å². The number of anilines is 1. The van der Waals surface area contributed by atoms with Gasteiger partial charge >= 0.3 is 0 Å². The summed E-state index contributed by atoms with van der Waals surface area (Å²) in [6, 6.07) is 6.44. The van der Waals surface area contributed by atoms with Crippen LogP contribution < -0.4 is 9.64 Å². The van der Waals surface area contributed by atoms with Crippen LogP contribution >= 0.6 is 24.0 Å². The van der Waals surface area contributed by atoms with Gasteiger partial charge < -0.3 is 9.64 Å². The predicted octanol–water partition coefficient (Wildman–Crippen LogP) is 3.48. The normalized spacial score (nSPS) is 14.0. The van der Waals surface area contributed by atoms with Gasteiger partial charge in [-0.3, -0.25) is 0 Å². The van der Waals surface area contributed by atoms with Crippen molar-refractivity contribution in [3.63, 3.8) is 0 Å². The molecule has 0 atom stereocenters. The third-order valence-corrected chi connectivity index (χ3v) is 3.00. The fourth-order valence-electron chi connectivity index (χ4n) is 2.28. The van der Waals surface area contributed by atoms with E-state index in [1.165, 1.54) is 43.6 Å². The maximum atomic E-state index is 5.26. The van der Waals surface area contributed by atoms with Gasteiger partial charge in [0.05, 0.1) is 7.11 Å². The standard InChI is InChI=1S/C13H19NO.HI/c1-3-8-14-9-4-5-11-10-12(15-2)6-7-13(11)14;/h6-7,10H,3-5,8-9H2,1-2H3;1H. The molecule has 0 radical (unpaired) electrons. The van der Waals surface area contributed by atoms with E-state index in [9.17, 15) is 0 Å². The first-order valence-electron chi connectivity index (χ1n) is 5.77. The summed E-state index contributed by atoms with van der Waals surface area (Å²) in [6.07, 6.45) is 3.67. The van der Waals surface area contributed by atoms with Gasteiger partial charge in [-0.05, 0) is 43.0 Å². The molecule has 0 spiro atoms. The average molecular weight is 333 g/mol.